The van der Waals surface area contributed by atoms with Gasteiger partial charge in [0, 0.05) is 18.7 Å². The molecule has 1 fully saturated rings. The van der Waals surface area contributed by atoms with Crippen LogP contribution in [0.5, 0.6) is 5.75 Å². The SMILES string of the molecule is O=C(CCN1C(=O)/C(=C/c2cccc(O)c2)SC1=S)Nc1ccc(F)cc1. The maximum Gasteiger partial charge on any atom is 0.266 e. The highest BCUT2D eigenvalue weighted by Crippen LogP contribution is 2.33. The van der Waals surface area contributed by atoms with Crippen molar-refractivity contribution in [2.24, 2.45) is 0 Å². The molecule has 138 valence electrons. The Bertz CT molecular complexity index is 929. The maximum atomic E-state index is 12.9. The molecule has 0 unspecified atom stereocenters. The smallest absolute Gasteiger partial charge is 0.266 e. The van der Waals surface area contributed by atoms with Crippen LogP contribution >= 0.6 is 24.0 Å². The fourth-order valence-electron chi connectivity index (χ4n) is 2.43. The van der Waals surface area contributed by atoms with Crippen LogP contribution in [-0.2, 0) is 9.59 Å². The van der Waals surface area contributed by atoms with Gasteiger partial charge in [0.1, 0.15) is 15.9 Å². The lowest BCUT2D eigenvalue weighted by molar-refractivity contribution is -0.122. The van der Waals surface area contributed by atoms with Gasteiger partial charge >= 0.3 is 0 Å². The first-order chi connectivity index (χ1) is 12.9. The van der Waals surface area contributed by atoms with E-state index in [1.54, 1.807) is 30.3 Å². The number of phenolic OH excluding ortho intramolecular Hbond substituents is 1. The minimum atomic E-state index is -0.385. The normalized spacial score (nSPS) is 15.4. The van der Waals surface area contributed by atoms with Crippen molar-refractivity contribution >= 4 is 51.9 Å². The molecule has 0 saturated carbocycles. The van der Waals surface area contributed by atoms with Crippen LogP contribution in [0.1, 0.15) is 12.0 Å². The van der Waals surface area contributed by atoms with Gasteiger partial charge in [0.05, 0.1) is 4.91 Å². The summed E-state index contributed by atoms with van der Waals surface area (Å²) in [4.78, 5) is 26.4. The molecule has 2 amide bonds. The Kier molecular flexibility index (Phi) is 5.88. The van der Waals surface area contributed by atoms with Crippen LogP contribution < -0.4 is 5.32 Å². The fraction of sp³-hybridized carbons (Fsp3) is 0.105. The highest BCUT2D eigenvalue weighted by Gasteiger charge is 2.32. The Morgan fingerprint density at radius 3 is 2.70 bits per heavy atom. The van der Waals surface area contributed by atoms with Crippen LogP contribution in [0.3, 0.4) is 0 Å². The number of amides is 2. The maximum absolute atomic E-state index is 12.9. The van der Waals surface area contributed by atoms with E-state index in [0.29, 0.717) is 20.5 Å². The molecule has 2 aromatic carbocycles. The number of anilines is 1. The Morgan fingerprint density at radius 1 is 1.26 bits per heavy atom. The third-order valence-electron chi connectivity index (χ3n) is 3.73. The highest BCUT2D eigenvalue weighted by molar-refractivity contribution is 8.26. The van der Waals surface area contributed by atoms with Crippen molar-refractivity contribution in [1.29, 1.82) is 0 Å². The molecule has 0 spiro atoms. The van der Waals surface area contributed by atoms with Gasteiger partial charge in [-0.15, -0.1) is 0 Å². The summed E-state index contributed by atoms with van der Waals surface area (Å²) in [5, 5.41) is 12.2. The molecule has 2 N–H and O–H groups in total. The van der Waals surface area contributed by atoms with Crippen LogP contribution in [-0.4, -0.2) is 32.7 Å². The molecule has 1 aliphatic rings. The molecular weight excluding hydrogens is 387 g/mol. The van der Waals surface area contributed by atoms with E-state index in [1.165, 1.54) is 29.2 Å². The summed E-state index contributed by atoms with van der Waals surface area (Å²) >= 11 is 6.39. The lowest BCUT2D eigenvalue weighted by Crippen LogP contribution is -2.31. The zero-order valence-corrected chi connectivity index (χ0v) is 15.6. The molecule has 5 nitrogen and oxygen atoms in total. The van der Waals surface area contributed by atoms with Crippen LogP contribution in [0.2, 0.25) is 0 Å². The summed E-state index contributed by atoms with van der Waals surface area (Å²) in [5.41, 5.74) is 1.17. The van der Waals surface area contributed by atoms with Crippen molar-refractivity contribution < 1.29 is 19.1 Å². The second-order valence-electron chi connectivity index (χ2n) is 5.73. The van der Waals surface area contributed by atoms with Gasteiger partial charge < -0.3 is 10.4 Å². The monoisotopic (exact) mass is 402 g/mol. The number of carbonyl (C=O) groups is 2. The second-order valence-corrected chi connectivity index (χ2v) is 7.41. The number of rotatable bonds is 5. The average molecular weight is 402 g/mol. The van der Waals surface area contributed by atoms with E-state index >= 15 is 0 Å². The molecule has 0 aromatic heterocycles. The predicted molar refractivity (Wildman–Crippen MR) is 108 cm³/mol. The Balaban J connectivity index is 1.60. The first-order valence-electron chi connectivity index (χ1n) is 8.02. The molecular formula is C19H15FN2O3S2. The number of benzene rings is 2. The molecule has 0 radical (unpaired) electrons. The Labute approximate surface area is 164 Å². The third kappa shape index (κ3) is 4.93. The molecule has 1 aliphatic heterocycles. The van der Waals surface area contributed by atoms with Crippen molar-refractivity contribution in [3.8, 4) is 5.75 Å². The molecule has 2 aromatic rings. The molecule has 0 aliphatic carbocycles. The number of carbonyl (C=O) groups excluding carboxylic acids is 2. The lowest BCUT2D eigenvalue weighted by Gasteiger charge is -2.14. The van der Waals surface area contributed by atoms with Gasteiger partial charge in [0.15, 0.2) is 0 Å². The summed E-state index contributed by atoms with van der Waals surface area (Å²) in [7, 11) is 0. The van der Waals surface area contributed by atoms with Gasteiger partial charge in [0.25, 0.3) is 5.91 Å². The van der Waals surface area contributed by atoms with Gasteiger partial charge in [-0.2, -0.15) is 0 Å². The second kappa shape index (κ2) is 8.32. The van der Waals surface area contributed by atoms with Crippen LogP contribution in [0, 0.1) is 5.82 Å². The summed E-state index contributed by atoms with van der Waals surface area (Å²) < 4.78 is 13.3. The van der Waals surface area contributed by atoms with E-state index in [9.17, 15) is 19.1 Å². The minimum Gasteiger partial charge on any atom is -0.508 e. The first kappa shape index (κ1) is 19.1. The Hall–Kier alpha value is -2.71. The van der Waals surface area contributed by atoms with E-state index in [0.717, 1.165) is 11.8 Å². The van der Waals surface area contributed by atoms with Crippen molar-refractivity contribution in [3.63, 3.8) is 0 Å². The topological polar surface area (TPSA) is 69.6 Å². The number of hydrogen-bond acceptors (Lipinski definition) is 5. The number of thiocarbonyl (C=S) groups is 1. The summed E-state index contributed by atoms with van der Waals surface area (Å²) in [6.07, 6.45) is 1.71. The van der Waals surface area contributed by atoms with Gasteiger partial charge in [-0.1, -0.05) is 36.1 Å². The van der Waals surface area contributed by atoms with Crippen LogP contribution in [0.25, 0.3) is 6.08 Å². The number of aromatic hydroxyl groups is 1. The summed E-state index contributed by atoms with van der Waals surface area (Å²) in [6.45, 7) is 0.148. The third-order valence-corrected chi connectivity index (χ3v) is 5.11. The molecule has 1 saturated heterocycles. The van der Waals surface area contributed by atoms with Gasteiger partial charge in [-0.05, 0) is 48.0 Å². The number of phenols is 1. The van der Waals surface area contributed by atoms with Crippen molar-refractivity contribution in [2.45, 2.75) is 6.42 Å². The van der Waals surface area contributed by atoms with Crippen LogP contribution in [0.15, 0.2) is 53.4 Å². The molecule has 3 rings (SSSR count). The van der Waals surface area contributed by atoms with Crippen molar-refractivity contribution in [1.82, 2.24) is 4.90 Å². The van der Waals surface area contributed by atoms with Gasteiger partial charge in [0.2, 0.25) is 5.91 Å². The Morgan fingerprint density at radius 2 is 2.00 bits per heavy atom. The molecule has 8 heteroatoms. The quantitative estimate of drug-likeness (QED) is 0.589. The number of thioether (sulfide) groups is 1. The molecule has 0 atom stereocenters. The fourth-order valence-corrected chi connectivity index (χ4v) is 3.74. The summed E-state index contributed by atoms with van der Waals surface area (Å²) in [6, 6.07) is 12.0. The van der Waals surface area contributed by atoms with E-state index in [-0.39, 0.29) is 36.3 Å². The zero-order chi connectivity index (χ0) is 19.4. The first-order valence-corrected chi connectivity index (χ1v) is 9.25. The van der Waals surface area contributed by atoms with Crippen molar-refractivity contribution in [3.05, 3.63) is 64.8 Å². The minimum absolute atomic E-state index is 0.0588. The largest absolute Gasteiger partial charge is 0.508 e. The standard InChI is InChI=1S/C19H15FN2O3S2/c20-13-4-6-14(7-5-13)21-17(24)8-9-22-18(25)16(27-19(22)26)11-12-2-1-3-15(23)10-12/h1-7,10-11,23H,8-9H2,(H,21,24)/b16-11-. The van der Waals surface area contributed by atoms with E-state index < -0.39 is 0 Å². The zero-order valence-electron chi connectivity index (χ0n) is 14.0. The van der Waals surface area contributed by atoms with E-state index in [2.05, 4.69) is 5.32 Å². The number of nitrogens with zero attached hydrogens (tertiary/aromatic N) is 1. The molecule has 0 bridgehead atoms. The highest BCUT2D eigenvalue weighted by atomic mass is 32.2. The predicted octanol–water partition coefficient (Wildman–Crippen LogP) is 3.76. The summed E-state index contributed by atoms with van der Waals surface area (Å²) in [5.74, 6) is -0.851. The number of nitrogens with one attached hydrogen (secondary N) is 1. The van der Waals surface area contributed by atoms with Gasteiger partial charge in [-0.3, -0.25) is 14.5 Å². The lowest BCUT2D eigenvalue weighted by atomic mass is 10.2. The van der Waals surface area contributed by atoms with E-state index in [4.69, 9.17) is 12.2 Å². The van der Waals surface area contributed by atoms with Crippen molar-refractivity contribution in [2.75, 3.05) is 11.9 Å². The molecule has 1 heterocycles. The number of hydrogen-bond donors (Lipinski definition) is 2. The number of halogens is 1. The van der Waals surface area contributed by atoms with Gasteiger partial charge in [-0.25, -0.2) is 4.39 Å². The molecule has 27 heavy (non-hydrogen) atoms. The van der Waals surface area contributed by atoms with Crippen LogP contribution in [0.4, 0.5) is 10.1 Å². The average Bonchev–Trinajstić information content (AvgIpc) is 2.88. The van der Waals surface area contributed by atoms with E-state index in [1.807, 2.05) is 0 Å².